The topological polar surface area (TPSA) is 69.4 Å². The third kappa shape index (κ3) is 2.17. The number of benzene rings is 1. The molecule has 1 aliphatic carbocycles. The normalized spacial score (nSPS) is 25.1. The molecule has 5 heteroatoms. The monoisotopic (exact) mass is 277 g/mol. The van der Waals surface area contributed by atoms with E-state index in [1.54, 1.807) is 0 Å². The third-order valence-corrected chi connectivity index (χ3v) is 3.98. The van der Waals surface area contributed by atoms with E-state index in [4.69, 9.17) is 0 Å². The molecule has 0 amide bonds. The van der Waals surface area contributed by atoms with Crippen LogP contribution in [0.15, 0.2) is 24.3 Å². The second kappa shape index (κ2) is 4.58. The van der Waals surface area contributed by atoms with Crippen molar-refractivity contribution in [1.82, 2.24) is 0 Å². The second-order valence-electron chi connectivity index (χ2n) is 6.30. The number of hydrogen-bond donors (Lipinski definition) is 0. The van der Waals surface area contributed by atoms with Gasteiger partial charge in [0.2, 0.25) is 0 Å². The van der Waals surface area contributed by atoms with Crippen LogP contribution in [0.25, 0.3) is 0 Å². The minimum absolute atomic E-state index is 0.0324. The van der Waals surface area contributed by atoms with Crippen LogP contribution in [-0.2, 0) is 14.9 Å². The van der Waals surface area contributed by atoms with Gasteiger partial charge in [0.15, 0.2) is 0 Å². The number of carbonyl (C=O) groups is 1. The maximum Gasteiger partial charge on any atom is 0.385 e. The zero-order valence-electron chi connectivity index (χ0n) is 12.2. The summed E-state index contributed by atoms with van der Waals surface area (Å²) in [5.74, 6) is -1.15. The van der Waals surface area contributed by atoms with E-state index in [0.717, 1.165) is 11.1 Å². The highest BCUT2D eigenvalue weighted by Crippen LogP contribution is 2.54. The van der Waals surface area contributed by atoms with E-state index in [2.05, 4.69) is 25.5 Å². The van der Waals surface area contributed by atoms with Gasteiger partial charge in [0.1, 0.15) is 0 Å². The molecular formula is C15H19NO4. The Hall–Kier alpha value is -1.91. The van der Waals surface area contributed by atoms with Gasteiger partial charge in [-0.3, -0.25) is 10.1 Å². The molecule has 0 bridgehead atoms. The van der Waals surface area contributed by atoms with Gasteiger partial charge in [-0.05, 0) is 16.5 Å². The Bertz CT molecular complexity index is 544. The highest BCUT2D eigenvalue weighted by Gasteiger charge is 2.73. The van der Waals surface area contributed by atoms with E-state index in [0.29, 0.717) is 0 Å². The van der Waals surface area contributed by atoms with Crippen molar-refractivity contribution in [3.8, 4) is 0 Å². The van der Waals surface area contributed by atoms with Gasteiger partial charge < -0.3 is 4.74 Å². The first-order valence-corrected chi connectivity index (χ1v) is 6.57. The van der Waals surface area contributed by atoms with Gasteiger partial charge in [-0.15, -0.1) is 0 Å². The molecule has 1 fully saturated rings. The van der Waals surface area contributed by atoms with Crippen LogP contribution >= 0.6 is 0 Å². The summed E-state index contributed by atoms with van der Waals surface area (Å²) >= 11 is 0. The molecule has 20 heavy (non-hydrogen) atoms. The molecule has 0 saturated heterocycles. The van der Waals surface area contributed by atoms with Crippen molar-refractivity contribution < 1.29 is 14.5 Å². The summed E-state index contributed by atoms with van der Waals surface area (Å²) in [5, 5.41) is 11.2. The lowest BCUT2D eigenvalue weighted by molar-refractivity contribution is -0.526. The van der Waals surface area contributed by atoms with Crippen molar-refractivity contribution in [2.45, 2.75) is 44.1 Å². The van der Waals surface area contributed by atoms with E-state index < -0.39 is 16.4 Å². The van der Waals surface area contributed by atoms with Crippen molar-refractivity contribution in [3.05, 3.63) is 45.5 Å². The summed E-state index contributed by atoms with van der Waals surface area (Å²) in [6.07, 6.45) is 0.210. The highest BCUT2D eigenvalue weighted by atomic mass is 16.6. The van der Waals surface area contributed by atoms with E-state index in [1.807, 2.05) is 24.3 Å². The van der Waals surface area contributed by atoms with Crippen LogP contribution in [-0.4, -0.2) is 23.5 Å². The van der Waals surface area contributed by atoms with Gasteiger partial charge >= 0.3 is 11.5 Å². The number of nitro groups is 1. The van der Waals surface area contributed by atoms with Gasteiger partial charge in [-0.25, -0.2) is 4.79 Å². The molecule has 5 nitrogen and oxygen atoms in total. The molecule has 0 radical (unpaired) electrons. The van der Waals surface area contributed by atoms with Crippen LogP contribution in [0.3, 0.4) is 0 Å². The molecule has 1 saturated carbocycles. The number of rotatable bonds is 3. The number of nitrogens with zero attached hydrogens (tertiary/aromatic N) is 1. The van der Waals surface area contributed by atoms with Crippen LogP contribution in [0, 0.1) is 10.1 Å². The molecule has 2 rings (SSSR count). The third-order valence-electron chi connectivity index (χ3n) is 3.98. The molecule has 0 N–H and O–H groups in total. The zero-order chi connectivity index (χ0) is 15.1. The number of esters is 1. The standard InChI is InChI=1S/C15H19NO4/c1-14(2,3)11-7-5-10(6-8-11)12-9-15(12,16(18)19)13(17)20-4/h5-8,12H,9H2,1-4H3/t12-,15+/m0/s1. The predicted octanol–water partition coefficient (Wildman–Crippen LogP) is 2.66. The van der Waals surface area contributed by atoms with Gasteiger partial charge in [0, 0.05) is 11.3 Å². The summed E-state index contributed by atoms with van der Waals surface area (Å²) in [7, 11) is 1.19. The quantitative estimate of drug-likeness (QED) is 0.484. The van der Waals surface area contributed by atoms with Gasteiger partial charge in [-0.1, -0.05) is 45.0 Å². The molecule has 1 aromatic rings. The average Bonchev–Trinajstić information content (AvgIpc) is 3.13. The van der Waals surface area contributed by atoms with Crippen molar-refractivity contribution in [2.24, 2.45) is 0 Å². The predicted molar refractivity (Wildman–Crippen MR) is 74.2 cm³/mol. The Kier molecular flexibility index (Phi) is 3.32. The maximum absolute atomic E-state index is 11.7. The van der Waals surface area contributed by atoms with E-state index in [-0.39, 0.29) is 17.8 Å². The van der Waals surface area contributed by atoms with Crippen LogP contribution in [0.1, 0.15) is 44.2 Å². The Labute approximate surface area is 118 Å². The smallest absolute Gasteiger partial charge is 0.385 e. The first-order valence-electron chi connectivity index (χ1n) is 6.57. The highest BCUT2D eigenvalue weighted by molar-refractivity contribution is 5.85. The van der Waals surface area contributed by atoms with E-state index >= 15 is 0 Å². The molecule has 0 heterocycles. The Balaban J connectivity index is 2.27. The molecule has 2 atom stereocenters. The molecule has 1 aliphatic rings. The Morgan fingerprint density at radius 2 is 1.90 bits per heavy atom. The molecular weight excluding hydrogens is 258 g/mol. The van der Waals surface area contributed by atoms with Gasteiger partial charge in [0.25, 0.3) is 0 Å². The zero-order valence-corrected chi connectivity index (χ0v) is 12.2. The summed E-state index contributed by atoms with van der Waals surface area (Å²) in [5.41, 5.74) is 0.426. The van der Waals surface area contributed by atoms with Crippen LogP contribution in [0.2, 0.25) is 0 Å². The summed E-state index contributed by atoms with van der Waals surface area (Å²) < 4.78 is 4.59. The van der Waals surface area contributed by atoms with Crippen molar-refractivity contribution in [3.63, 3.8) is 0 Å². The number of methoxy groups -OCH3 is 1. The molecule has 0 unspecified atom stereocenters. The fraction of sp³-hybridized carbons (Fsp3) is 0.533. The Morgan fingerprint density at radius 1 is 1.35 bits per heavy atom. The summed E-state index contributed by atoms with van der Waals surface area (Å²) in [6.45, 7) is 6.32. The van der Waals surface area contributed by atoms with Gasteiger partial charge in [0.05, 0.1) is 13.0 Å². The first-order chi connectivity index (χ1) is 9.23. The lowest BCUT2D eigenvalue weighted by Gasteiger charge is -2.19. The van der Waals surface area contributed by atoms with Crippen LogP contribution in [0.5, 0.6) is 0 Å². The number of hydrogen-bond acceptors (Lipinski definition) is 4. The molecule has 0 aromatic heterocycles. The van der Waals surface area contributed by atoms with Crippen LogP contribution < -0.4 is 0 Å². The largest absolute Gasteiger partial charge is 0.464 e. The second-order valence-corrected chi connectivity index (χ2v) is 6.30. The molecule has 0 spiro atoms. The first kappa shape index (κ1) is 14.5. The number of carbonyl (C=O) groups excluding carboxylic acids is 1. The average molecular weight is 277 g/mol. The minimum Gasteiger partial charge on any atom is -0.464 e. The van der Waals surface area contributed by atoms with Crippen LogP contribution in [0.4, 0.5) is 0 Å². The van der Waals surface area contributed by atoms with Crippen molar-refractivity contribution >= 4 is 5.97 Å². The lowest BCUT2D eigenvalue weighted by atomic mass is 9.86. The molecule has 1 aromatic carbocycles. The van der Waals surface area contributed by atoms with Crippen molar-refractivity contribution in [1.29, 1.82) is 0 Å². The fourth-order valence-electron chi connectivity index (χ4n) is 2.54. The van der Waals surface area contributed by atoms with Gasteiger partial charge in [-0.2, -0.15) is 0 Å². The maximum atomic E-state index is 11.7. The summed E-state index contributed by atoms with van der Waals surface area (Å²) in [4.78, 5) is 22.4. The minimum atomic E-state index is -1.59. The van der Waals surface area contributed by atoms with E-state index in [1.165, 1.54) is 7.11 Å². The number of ether oxygens (including phenoxy) is 1. The lowest BCUT2D eigenvalue weighted by Crippen LogP contribution is -2.34. The van der Waals surface area contributed by atoms with Crippen molar-refractivity contribution in [2.75, 3.05) is 7.11 Å². The SMILES string of the molecule is COC(=O)[C@@]1([N+](=O)[O-])C[C@H]1c1ccc(C(C)(C)C)cc1. The molecule has 0 aliphatic heterocycles. The van der Waals surface area contributed by atoms with E-state index in [9.17, 15) is 14.9 Å². The summed E-state index contributed by atoms with van der Waals surface area (Å²) in [6, 6.07) is 7.68. The fourth-order valence-corrected chi connectivity index (χ4v) is 2.54. The molecule has 108 valence electrons. The Morgan fingerprint density at radius 3 is 2.30 bits per heavy atom.